The van der Waals surface area contributed by atoms with Gasteiger partial charge >= 0.3 is 0 Å². The minimum Gasteiger partial charge on any atom is -0.369 e. The molecule has 1 aliphatic rings. The molecule has 1 aliphatic heterocycles. The van der Waals surface area contributed by atoms with Crippen molar-refractivity contribution in [1.29, 1.82) is 0 Å². The average Bonchev–Trinajstić information content (AvgIpc) is 2.54. The molecule has 0 atom stereocenters. The average molecular weight is 261 g/mol. The predicted octanol–water partition coefficient (Wildman–Crippen LogP) is 2.31. The van der Waals surface area contributed by atoms with Gasteiger partial charge in [-0.3, -0.25) is 4.79 Å². The number of rotatable bonds is 4. The molecule has 0 unspecified atom stereocenters. The van der Waals surface area contributed by atoms with E-state index in [-0.39, 0.29) is 5.91 Å². The van der Waals surface area contributed by atoms with Crippen LogP contribution in [0.3, 0.4) is 0 Å². The lowest BCUT2D eigenvalue weighted by Crippen LogP contribution is -2.28. The van der Waals surface area contributed by atoms with E-state index in [9.17, 15) is 4.79 Å². The molecule has 1 heterocycles. The number of nitrogens with two attached hydrogens (primary N) is 1. The van der Waals surface area contributed by atoms with Crippen molar-refractivity contribution < 1.29 is 4.79 Å². The van der Waals surface area contributed by atoms with Gasteiger partial charge in [0.25, 0.3) is 0 Å². The van der Waals surface area contributed by atoms with Crippen LogP contribution < -0.4 is 16.0 Å². The summed E-state index contributed by atoms with van der Waals surface area (Å²) < 4.78 is 0. The Bertz CT molecular complexity index is 457. The van der Waals surface area contributed by atoms with Crippen molar-refractivity contribution in [3.63, 3.8) is 0 Å². The second-order valence-corrected chi connectivity index (χ2v) is 5.33. The highest BCUT2D eigenvalue weighted by Gasteiger charge is 2.22. The Morgan fingerprint density at radius 3 is 2.89 bits per heavy atom. The fourth-order valence-electron chi connectivity index (χ4n) is 2.55. The van der Waals surface area contributed by atoms with E-state index in [4.69, 9.17) is 5.73 Å². The quantitative estimate of drug-likeness (QED) is 0.874. The SMILES string of the molecule is CC(C)c1cccc2c1N(CCCN)CCC(=O)N2. The van der Waals surface area contributed by atoms with E-state index in [1.807, 2.05) is 12.1 Å². The van der Waals surface area contributed by atoms with E-state index in [1.54, 1.807) is 0 Å². The lowest BCUT2D eigenvalue weighted by atomic mass is 9.99. The van der Waals surface area contributed by atoms with Crippen LogP contribution in [0.15, 0.2) is 18.2 Å². The third-order valence-corrected chi connectivity index (χ3v) is 3.52. The molecular formula is C15H23N3O. The molecule has 1 amide bonds. The van der Waals surface area contributed by atoms with Crippen LogP contribution in [0.25, 0.3) is 0 Å². The van der Waals surface area contributed by atoms with Crippen molar-refractivity contribution in [3.05, 3.63) is 23.8 Å². The van der Waals surface area contributed by atoms with Gasteiger partial charge in [-0.25, -0.2) is 0 Å². The van der Waals surface area contributed by atoms with Crippen LogP contribution >= 0.6 is 0 Å². The minimum atomic E-state index is 0.0948. The third kappa shape index (κ3) is 3.07. The summed E-state index contributed by atoms with van der Waals surface area (Å²) in [6.45, 7) is 6.72. The number of benzene rings is 1. The molecule has 19 heavy (non-hydrogen) atoms. The maximum Gasteiger partial charge on any atom is 0.226 e. The van der Waals surface area contributed by atoms with E-state index >= 15 is 0 Å². The van der Waals surface area contributed by atoms with Crippen molar-refractivity contribution in [2.45, 2.75) is 32.6 Å². The van der Waals surface area contributed by atoms with E-state index in [0.717, 1.165) is 25.2 Å². The van der Waals surface area contributed by atoms with Gasteiger partial charge in [-0.2, -0.15) is 0 Å². The topological polar surface area (TPSA) is 58.4 Å². The summed E-state index contributed by atoms with van der Waals surface area (Å²) in [4.78, 5) is 14.1. The van der Waals surface area contributed by atoms with Gasteiger partial charge in [-0.1, -0.05) is 26.0 Å². The number of nitrogens with zero attached hydrogens (tertiary/aromatic N) is 1. The van der Waals surface area contributed by atoms with E-state index in [2.05, 4.69) is 30.1 Å². The Balaban J connectivity index is 2.42. The van der Waals surface area contributed by atoms with Crippen LogP contribution in [0, 0.1) is 0 Å². The number of carbonyl (C=O) groups is 1. The lowest BCUT2D eigenvalue weighted by Gasteiger charge is -2.28. The normalized spacial score (nSPS) is 15.2. The molecule has 0 bridgehead atoms. The van der Waals surface area contributed by atoms with Crippen molar-refractivity contribution in [2.75, 3.05) is 29.9 Å². The van der Waals surface area contributed by atoms with E-state index < -0.39 is 0 Å². The highest BCUT2D eigenvalue weighted by atomic mass is 16.1. The first-order valence-corrected chi connectivity index (χ1v) is 7.01. The first-order valence-electron chi connectivity index (χ1n) is 7.01. The number of hydrogen-bond acceptors (Lipinski definition) is 3. The Morgan fingerprint density at radius 1 is 1.42 bits per heavy atom. The van der Waals surface area contributed by atoms with Crippen LogP contribution in [-0.2, 0) is 4.79 Å². The van der Waals surface area contributed by atoms with Gasteiger partial charge in [0.15, 0.2) is 0 Å². The van der Waals surface area contributed by atoms with Crippen molar-refractivity contribution >= 4 is 17.3 Å². The third-order valence-electron chi connectivity index (χ3n) is 3.52. The molecule has 1 aromatic carbocycles. The second-order valence-electron chi connectivity index (χ2n) is 5.33. The fraction of sp³-hybridized carbons (Fsp3) is 0.533. The summed E-state index contributed by atoms with van der Waals surface area (Å²) in [5.74, 6) is 0.530. The summed E-state index contributed by atoms with van der Waals surface area (Å²) in [5.41, 5.74) is 9.02. The zero-order valence-electron chi connectivity index (χ0n) is 11.8. The molecule has 0 aliphatic carbocycles. The standard InChI is InChI=1S/C15H23N3O/c1-11(2)12-5-3-6-13-15(12)18(9-4-8-16)10-7-14(19)17-13/h3,5-6,11H,4,7-10,16H2,1-2H3,(H,17,19). The maximum atomic E-state index is 11.8. The molecule has 3 N–H and O–H groups in total. The monoisotopic (exact) mass is 261 g/mol. The zero-order chi connectivity index (χ0) is 13.8. The fourth-order valence-corrected chi connectivity index (χ4v) is 2.55. The predicted molar refractivity (Wildman–Crippen MR) is 79.7 cm³/mol. The van der Waals surface area contributed by atoms with Gasteiger partial charge < -0.3 is 16.0 Å². The summed E-state index contributed by atoms with van der Waals surface area (Å²) >= 11 is 0. The molecule has 2 rings (SSSR count). The zero-order valence-corrected chi connectivity index (χ0v) is 11.8. The number of amides is 1. The molecule has 4 heteroatoms. The lowest BCUT2D eigenvalue weighted by molar-refractivity contribution is -0.115. The Hall–Kier alpha value is -1.55. The van der Waals surface area contributed by atoms with Crippen molar-refractivity contribution in [2.24, 2.45) is 5.73 Å². The second kappa shape index (κ2) is 6.06. The van der Waals surface area contributed by atoms with E-state index in [1.165, 1.54) is 11.3 Å². The molecule has 0 spiro atoms. The number of para-hydroxylation sites is 1. The molecule has 0 saturated carbocycles. The molecule has 0 fully saturated rings. The largest absolute Gasteiger partial charge is 0.369 e. The van der Waals surface area contributed by atoms with Gasteiger partial charge in [0.05, 0.1) is 11.4 Å². The van der Waals surface area contributed by atoms with Crippen LogP contribution in [0.5, 0.6) is 0 Å². The smallest absolute Gasteiger partial charge is 0.226 e. The van der Waals surface area contributed by atoms with E-state index in [0.29, 0.717) is 18.9 Å². The molecule has 0 radical (unpaired) electrons. The molecule has 104 valence electrons. The van der Waals surface area contributed by atoms with Crippen LogP contribution in [0.4, 0.5) is 11.4 Å². The van der Waals surface area contributed by atoms with Gasteiger partial charge in [0.2, 0.25) is 5.91 Å². The van der Waals surface area contributed by atoms with Crippen LogP contribution in [-0.4, -0.2) is 25.5 Å². The molecule has 1 aromatic rings. The molecule has 4 nitrogen and oxygen atoms in total. The number of hydrogen-bond donors (Lipinski definition) is 2. The van der Waals surface area contributed by atoms with Crippen molar-refractivity contribution in [1.82, 2.24) is 0 Å². The number of anilines is 2. The highest BCUT2D eigenvalue weighted by Crippen LogP contribution is 2.36. The van der Waals surface area contributed by atoms with Crippen LogP contribution in [0.1, 0.15) is 38.2 Å². The van der Waals surface area contributed by atoms with Gasteiger partial charge in [-0.15, -0.1) is 0 Å². The molecular weight excluding hydrogens is 238 g/mol. The number of nitrogens with one attached hydrogen (secondary N) is 1. The molecule has 0 saturated heterocycles. The first-order chi connectivity index (χ1) is 9.13. The van der Waals surface area contributed by atoms with Gasteiger partial charge in [0.1, 0.15) is 0 Å². The minimum absolute atomic E-state index is 0.0948. The summed E-state index contributed by atoms with van der Waals surface area (Å²) in [5, 5.41) is 3.01. The van der Waals surface area contributed by atoms with Gasteiger partial charge in [0, 0.05) is 19.5 Å². The highest BCUT2D eigenvalue weighted by molar-refractivity contribution is 5.97. The number of fused-ring (bicyclic) bond motifs is 1. The van der Waals surface area contributed by atoms with Gasteiger partial charge in [-0.05, 0) is 30.5 Å². The summed E-state index contributed by atoms with van der Waals surface area (Å²) in [7, 11) is 0. The summed E-state index contributed by atoms with van der Waals surface area (Å²) in [6.07, 6.45) is 1.48. The Labute approximate surface area is 115 Å². The summed E-state index contributed by atoms with van der Waals surface area (Å²) in [6, 6.07) is 6.15. The molecule has 0 aromatic heterocycles. The van der Waals surface area contributed by atoms with Crippen molar-refractivity contribution in [3.8, 4) is 0 Å². The maximum absolute atomic E-state index is 11.8. The number of carbonyl (C=O) groups excluding carboxylic acids is 1. The van der Waals surface area contributed by atoms with Crippen LogP contribution in [0.2, 0.25) is 0 Å². The Morgan fingerprint density at radius 2 is 2.21 bits per heavy atom. The first kappa shape index (κ1) is 13.9. The Kier molecular flexibility index (Phi) is 4.43.